The fraction of sp³-hybridized carbons (Fsp3) is 0.455. The highest BCUT2D eigenvalue weighted by Gasteiger charge is 2.28. The first-order valence-corrected chi connectivity index (χ1v) is 4.76. The highest BCUT2D eigenvalue weighted by molar-refractivity contribution is 5.41. The third-order valence-electron chi connectivity index (χ3n) is 2.81. The van der Waals surface area contributed by atoms with E-state index in [-0.39, 0.29) is 13.2 Å². The quantitative estimate of drug-likeness (QED) is 0.625. The average Bonchev–Trinajstić information content (AvgIpc) is 2.24. The minimum Gasteiger partial charge on any atom is -0.399 e. The largest absolute Gasteiger partial charge is 0.399 e. The molecule has 78 valence electrons. The Labute approximate surface area is 84.2 Å². The van der Waals surface area contributed by atoms with Gasteiger partial charge in [-0.25, -0.2) is 0 Å². The van der Waals surface area contributed by atoms with E-state index in [0.717, 1.165) is 5.56 Å². The van der Waals surface area contributed by atoms with E-state index in [1.165, 1.54) is 0 Å². The first kappa shape index (κ1) is 11.0. The van der Waals surface area contributed by atoms with Crippen LogP contribution in [0.5, 0.6) is 0 Å². The molecule has 3 heteroatoms. The number of aliphatic hydroxyl groups is 2. The van der Waals surface area contributed by atoms with Gasteiger partial charge in [0.05, 0.1) is 13.2 Å². The number of hydrogen-bond acceptors (Lipinski definition) is 3. The summed E-state index contributed by atoms with van der Waals surface area (Å²) < 4.78 is 0. The summed E-state index contributed by atoms with van der Waals surface area (Å²) in [6, 6.07) is 7.27. The van der Waals surface area contributed by atoms with Crippen molar-refractivity contribution in [1.82, 2.24) is 0 Å². The molecule has 0 aromatic heterocycles. The Morgan fingerprint density at radius 2 is 1.64 bits per heavy atom. The maximum absolute atomic E-state index is 9.31. The number of anilines is 1. The van der Waals surface area contributed by atoms with Gasteiger partial charge in [0.15, 0.2) is 0 Å². The summed E-state index contributed by atoms with van der Waals surface area (Å²) in [6.07, 6.45) is 0.698. The minimum atomic E-state index is -0.534. The van der Waals surface area contributed by atoms with E-state index in [2.05, 4.69) is 0 Å². The third-order valence-corrected chi connectivity index (χ3v) is 2.81. The van der Waals surface area contributed by atoms with Gasteiger partial charge in [0.1, 0.15) is 0 Å². The molecule has 0 radical (unpaired) electrons. The van der Waals surface area contributed by atoms with E-state index in [1.807, 2.05) is 19.1 Å². The molecule has 0 heterocycles. The molecule has 0 saturated carbocycles. The number of hydrogen-bond donors (Lipinski definition) is 3. The molecule has 0 aliphatic heterocycles. The van der Waals surface area contributed by atoms with Crippen LogP contribution in [0.2, 0.25) is 0 Å². The summed E-state index contributed by atoms with van der Waals surface area (Å²) in [5.41, 5.74) is 6.65. The molecule has 4 N–H and O–H groups in total. The summed E-state index contributed by atoms with van der Waals surface area (Å²) in [5.74, 6) is 0. The van der Waals surface area contributed by atoms with Crippen LogP contribution >= 0.6 is 0 Å². The van der Waals surface area contributed by atoms with Crippen molar-refractivity contribution in [2.24, 2.45) is 0 Å². The molecular weight excluding hydrogens is 178 g/mol. The van der Waals surface area contributed by atoms with Gasteiger partial charge in [0, 0.05) is 11.1 Å². The van der Waals surface area contributed by atoms with Crippen LogP contribution in [-0.4, -0.2) is 23.4 Å². The van der Waals surface area contributed by atoms with Crippen LogP contribution in [0.25, 0.3) is 0 Å². The molecule has 0 aliphatic rings. The molecule has 0 amide bonds. The van der Waals surface area contributed by atoms with Gasteiger partial charge in [-0.2, -0.15) is 0 Å². The third kappa shape index (κ3) is 1.89. The Hall–Kier alpha value is -1.06. The molecule has 0 saturated heterocycles. The van der Waals surface area contributed by atoms with Crippen molar-refractivity contribution in [2.75, 3.05) is 18.9 Å². The van der Waals surface area contributed by atoms with Crippen molar-refractivity contribution in [3.63, 3.8) is 0 Å². The van der Waals surface area contributed by atoms with Gasteiger partial charge < -0.3 is 15.9 Å². The summed E-state index contributed by atoms with van der Waals surface area (Å²) in [4.78, 5) is 0. The highest BCUT2D eigenvalue weighted by atomic mass is 16.3. The van der Waals surface area contributed by atoms with Gasteiger partial charge in [0.25, 0.3) is 0 Å². The van der Waals surface area contributed by atoms with Crippen LogP contribution in [-0.2, 0) is 5.41 Å². The molecule has 14 heavy (non-hydrogen) atoms. The predicted octanol–water partition coefficient (Wildman–Crippen LogP) is 0.901. The lowest BCUT2D eigenvalue weighted by Crippen LogP contribution is -2.33. The first-order valence-electron chi connectivity index (χ1n) is 4.76. The van der Waals surface area contributed by atoms with Crippen LogP contribution in [0.4, 0.5) is 5.69 Å². The SMILES string of the molecule is CCC(CO)(CO)c1ccc(N)cc1. The zero-order valence-electron chi connectivity index (χ0n) is 8.40. The first-order chi connectivity index (χ1) is 6.68. The maximum atomic E-state index is 9.31. The summed E-state index contributed by atoms with van der Waals surface area (Å²) in [7, 11) is 0. The van der Waals surface area contributed by atoms with Crippen LogP contribution in [0, 0.1) is 0 Å². The Kier molecular flexibility index (Phi) is 3.49. The molecule has 0 spiro atoms. The van der Waals surface area contributed by atoms with E-state index in [4.69, 9.17) is 5.73 Å². The molecule has 1 rings (SSSR count). The topological polar surface area (TPSA) is 66.5 Å². The number of rotatable bonds is 4. The number of nitrogen functional groups attached to an aromatic ring is 1. The van der Waals surface area contributed by atoms with E-state index in [0.29, 0.717) is 12.1 Å². The van der Waals surface area contributed by atoms with Crippen molar-refractivity contribution < 1.29 is 10.2 Å². The second-order valence-electron chi connectivity index (χ2n) is 3.57. The lowest BCUT2D eigenvalue weighted by atomic mass is 9.79. The molecule has 1 aromatic carbocycles. The number of nitrogens with two attached hydrogens (primary N) is 1. The van der Waals surface area contributed by atoms with Crippen LogP contribution < -0.4 is 5.73 Å². The van der Waals surface area contributed by atoms with E-state index < -0.39 is 5.41 Å². The molecule has 0 fully saturated rings. The van der Waals surface area contributed by atoms with Gasteiger partial charge in [-0.15, -0.1) is 0 Å². The Morgan fingerprint density at radius 3 is 2.00 bits per heavy atom. The Bertz CT molecular complexity index is 270. The molecule has 0 unspecified atom stereocenters. The van der Waals surface area contributed by atoms with Crippen LogP contribution in [0.3, 0.4) is 0 Å². The van der Waals surface area contributed by atoms with Crippen molar-refractivity contribution in [3.8, 4) is 0 Å². The summed E-state index contributed by atoms with van der Waals surface area (Å²) in [6.45, 7) is 1.84. The number of aliphatic hydroxyl groups excluding tert-OH is 2. The summed E-state index contributed by atoms with van der Waals surface area (Å²) in [5, 5.41) is 18.6. The van der Waals surface area contributed by atoms with Crippen molar-refractivity contribution >= 4 is 5.69 Å². The fourth-order valence-electron chi connectivity index (χ4n) is 1.50. The zero-order valence-corrected chi connectivity index (χ0v) is 8.40. The second-order valence-corrected chi connectivity index (χ2v) is 3.57. The molecule has 0 aliphatic carbocycles. The molecular formula is C11H17NO2. The number of benzene rings is 1. The van der Waals surface area contributed by atoms with Gasteiger partial charge in [-0.3, -0.25) is 0 Å². The average molecular weight is 195 g/mol. The van der Waals surface area contributed by atoms with Crippen molar-refractivity contribution in [3.05, 3.63) is 29.8 Å². The molecule has 0 bridgehead atoms. The van der Waals surface area contributed by atoms with E-state index >= 15 is 0 Å². The van der Waals surface area contributed by atoms with Crippen LogP contribution in [0.15, 0.2) is 24.3 Å². The lowest BCUT2D eigenvalue weighted by molar-refractivity contribution is 0.113. The Morgan fingerprint density at radius 1 is 1.14 bits per heavy atom. The van der Waals surface area contributed by atoms with Gasteiger partial charge in [-0.05, 0) is 24.1 Å². The van der Waals surface area contributed by atoms with Crippen molar-refractivity contribution in [1.29, 1.82) is 0 Å². The van der Waals surface area contributed by atoms with E-state index in [9.17, 15) is 10.2 Å². The smallest absolute Gasteiger partial charge is 0.0550 e. The second kappa shape index (κ2) is 4.44. The van der Waals surface area contributed by atoms with Gasteiger partial charge in [-0.1, -0.05) is 19.1 Å². The fourth-order valence-corrected chi connectivity index (χ4v) is 1.50. The van der Waals surface area contributed by atoms with Crippen LogP contribution in [0.1, 0.15) is 18.9 Å². The molecule has 0 atom stereocenters. The normalized spacial score (nSPS) is 11.6. The van der Waals surface area contributed by atoms with Gasteiger partial charge in [0.2, 0.25) is 0 Å². The highest BCUT2D eigenvalue weighted by Crippen LogP contribution is 2.27. The summed E-state index contributed by atoms with van der Waals surface area (Å²) >= 11 is 0. The van der Waals surface area contributed by atoms with Gasteiger partial charge >= 0.3 is 0 Å². The Balaban J connectivity index is 3.05. The zero-order chi connectivity index (χ0) is 10.6. The monoisotopic (exact) mass is 195 g/mol. The maximum Gasteiger partial charge on any atom is 0.0550 e. The van der Waals surface area contributed by atoms with E-state index in [1.54, 1.807) is 12.1 Å². The minimum absolute atomic E-state index is 0.0517. The molecule has 3 nitrogen and oxygen atoms in total. The predicted molar refractivity (Wildman–Crippen MR) is 57.0 cm³/mol. The molecule has 1 aromatic rings. The standard InChI is InChI=1S/C11H17NO2/c1-2-11(7-13,8-14)9-3-5-10(12)6-4-9/h3-6,13-14H,2,7-8,12H2,1H3. The van der Waals surface area contributed by atoms with Crippen molar-refractivity contribution in [2.45, 2.75) is 18.8 Å². The lowest BCUT2D eigenvalue weighted by Gasteiger charge is -2.28.